The molecule has 0 unspecified atom stereocenters. The highest BCUT2D eigenvalue weighted by Gasteiger charge is 2.23. The first-order valence-electron chi connectivity index (χ1n) is 9.35. The number of pyridine rings is 1. The van der Waals surface area contributed by atoms with E-state index in [9.17, 15) is 5.26 Å². The molecular formula is C23H20BrN3O. The number of aromatic nitrogens is 1. The van der Waals surface area contributed by atoms with Crippen LogP contribution in [0.15, 0.2) is 53.0 Å². The minimum atomic E-state index is 0.306. The zero-order valence-electron chi connectivity index (χ0n) is 15.4. The van der Waals surface area contributed by atoms with Gasteiger partial charge in [-0.1, -0.05) is 46.3 Å². The van der Waals surface area contributed by atoms with Crippen LogP contribution in [-0.4, -0.2) is 4.98 Å². The van der Waals surface area contributed by atoms with Crippen LogP contribution in [0.4, 0.5) is 5.82 Å². The van der Waals surface area contributed by atoms with Crippen molar-refractivity contribution < 1.29 is 4.74 Å². The molecule has 1 heterocycles. The molecule has 0 saturated carbocycles. The van der Waals surface area contributed by atoms with E-state index in [2.05, 4.69) is 27.0 Å². The number of hydrogen-bond donors (Lipinski definition) is 1. The number of nitriles is 1. The fraction of sp³-hybridized carbons (Fsp3) is 0.217. The van der Waals surface area contributed by atoms with Crippen molar-refractivity contribution in [2.75, 3.05) is 5.73 Å². The molecule has 28 heavy (non-hydrogen) atoms. The van der Waals surface area contributed by atoms with Crippen LogP contribution in [0, 0.1) is 11.3 Å². The number of rotatable bonds is 4. The van der Waals surface area contributed by atoms with Crippen LogP contribution in [0.5, 0.6) is 5.75 Å². The van der Waals surface area contributed by atoms with Crippen LogP contribution < -0.4 is 10.5 Å². The van der Waals surface area contributed by atoms with Gasteiger partial charge in [-0.15, -0.1) is 0 Å². The summed E-state index contributed by atoms with van der Waals surface area (Å²) < 4.78 is 7.20. The normalized spacial score (nSPS) is 12.9. The molecule has 1 aromatic heterocycles. The number of nitrogen functional groups attached to an aromatic ring is 1. The van der Waals surface area contributed by atoms with Crippen molar-refractivity contribution in [2.24, 2.45) is 0 Å². The number of ether oxygens (including phenoxy) is 1. The van der Waals surface area contributed by atoms with Gasteiger partial charge in [0, 0.05) is 21.3 Å². The number of benzene rings is 2. The molecule has 0 radical (unpaired) electrons. The molecule has 5 heteroatoms. The minimum Gasteiger partial charge on any atom is -0.488 e. The fourth-order valence-corrected chi connectivity index (χ4v) is 3.98. The maximum absolute atomic E-state index is 9.77. The van der Waals surface area contributed by atoms with E-state index in [1.54, 1.807) is 0 Å². The van der Waals surface area contributed by atoms with Gasteiger partial charge in [-0.2, -0.15) is 5.26 Å². The van der Waals surface area contributed by atoms with Gasteiger partial charge >= 0.3 is 0 Å². The van der Waals surface area contributed by atoms with Gasteiger partial charge in [0.25, 0.3) is 0 Å². The van der Waals surface area contributed by atoms with Gasteiger partial charge in [-0.3, -0.25) is 0 Å². The van der Waals surface area contributed by atoms with Gasteiger partial charge in [0.15, 0.2) is 0 Å². The van der Waals surface area contributed by atoms with Gasteiger partial charge in [0.1, 0.15) is 29.8 Å². The molecular weight excluding hydrogens is 414 g/mol. The van der Waals surface area contributed by atoms with E-state index in [1.165, 1.54) is 0 Å². The number of nitrogens with zero attached hydrogens (tertiary/aromatic N) is 2. The Balaban J connectivity index is 1.77. The topological polar surface area (TPSA) is 71.9 Å². The zero-order valence-corrected chi connectivity index (χ0v) is 17.0. The lowest BCUT2D eigenvalue weighted by Crippen LogP contribution is -2.12. The van der Waals surface area contributed by atoms with Crippen LogP contribution in [0.3, 0.4) is 0 Å². The van der Waals surface area contributed by atoms with Crippen molar-refractivity contribution >= 4 is 21.7 Å². The number of halogens is 1. The van der Waals surface area contributed by atoms with E-state index in [4.69, 9.17) is 10.5 Å². The van der Waals surface area contributed by atoms with Crippen molar-refractivity contribution in [1.82, 2.24) is 4.98 Å². The zero-order chi connectivity index (χ0) is 19.5. The molecule has 0 fully saturated rings. The Morgan fingerprint density at radius 2 is 1.82 bits per heavy atom. The predicted octanol–water partition coefficient (Wildman–Crippen LogP) is 5.42. The monoisotopic (exact) mass is 433 g/mol. The summed E-state index contributed by atoms with van der Waals surface area (Å²) in [6, 6.07) is 18.2. The Morgan fingerprint density at radius 1 is 1.07 bits per heavy atom. The predicted molar refractivity (Wildman–Crippen MR) is 114 cm³/mol. The van der Waals surface area contributed by atoms with E-state index in [-0.39, 0.29) is 0 Å². The first kappa shape index (κ1) is 18.5. The second-order valence-electron chi connectivity index (χ2n) is 6.90. The van der Waals surface area contributed by atoms with Gasteiger partial charge < -0.3 is 10.5 Å². The van der Waals surface area contributed by atoms with Crippen LogP contribution in [0.2, 0.25) is 0 Å². The maximum atomic E-state index is 9.77. The minimum absolute atomic E-state index is 0.306. The van der Waals surface area contributed by atoms with Crippen LogP contribution in [0.1, 0.15) is 35.2 Å². The number of nitrogens with two attached hydrogens (primary N) is 1. The molecule has 0 amide bonds. The summed E-state index contributed by atoms with van der Waals surface area (Å²) in [5.41, 5.74) is 11.6. The quantitative estimate of drug-likeness (QED) is 0.595. The van der Waals surface area contributed by atoms with Crippen molar-refractivity contribution in [3.05, 3.63) is 75.4 Å². The van der Waals surface area contributed by atoms with Crippen molar-refractivity contribution in [2.45, 2.75) is 32.3 Å². The molecule has 4 nitrogen and oxygen atoms in total. The number of hydrogen-bond acceptors (Lipinski definition) is 4. The van der Waals surface area contributed by atoms with E-state index in [0.29, 0.717) is 18.0 Å². The number of para-hydroxylation sites is 1. The Kier molecular flexibility index (Phi) is 5.31. The second-order valence-corrected chi connectivity index (χ2v) is 7.82. The first-order valence-corrected chi connectivity index (χ1v) is 10.1. The fourth-order valence-electron chi connectivity index (χ4n) is 3.71. The number of fused-ring (bicyclic) bond motifs is 1. The van der Waals surface area contributed by atoms with Crippen molar-refractivity contribution in [3.63, 3.8) is 0 Å². The smallest absolute Gasteiger partial charge is 0.142 e. The van der Waals surface area contributed by atoms with Crippen molar-refractivity contribution in [1.29, 1.82) is 5.26 Å². The maximum Gasteiger partial charge on any atom is 0.142 e. The summed E-state index contributed by atoms with van der Waals surface area (Å²) in [4.78, 5) is 4.51. The average Bonchev–Trinajstić information content (AvgIpc) is 2.72. The Bertz CT molecular complexity index is 1050. The number of aryl methyl sites for hydroxylation is 1. The largest absolute Gasteiger partial charge is 0.488 e. The molecule has 1 aliphatic carbocycles. The molecule has 0 atom stereocenters. The second kappa shape index (κ2) is 8.04. The lowest BCUT2D eigenvalue weighted by molar-refractivity contribution is 0.307. The lowest BCUT2D eigenvalue weighted by atomic mass is 9.86. The third-order valence-electron chi connectivity index (χ3n) is 5.08. The molecule has 0 bridgehead atoms. The van der Waals surface area contributed by atoms with Gasteiger partial charge in [-0.25, -0.2) is 4.98 Å². The van der Waals surface area contributed by atoms with Gasteiger partial charge in [-0.05, 0) is 55.0 Å². The van der Waals surface area contributed by atoms with Crippen LogP contribution in [-0.2, 0) is 19.4 Å². The van der Waals surface area contributed by atoms with Crippen LogP contribution in [0.25, 0.3) is 11.1 Å². The van der Waals surface area contributed by atoms with Gasteiger partial charge in [0.05, 0.1) is 0 Å². The lowest BCUT2D eigenvalue weighted by Gasteiger charge is -2.22. The summed E-state index contributed by atoms with van der Waals surface area (Å²) >= 11 is 3.45. The van der Waals surface area contributed by atoms with E-state index >= 15 is 0 Å². The molecule has 2 N–H and O–H groups in total. The molecule has 3 aromatic rings. The Morgan fingerprint density at radius 3 is 2.61 bits per heavy atom. The molecule has 2 aromatic carbocycles. The number of anilines is 1. The summed E-state index contributed by atoms with van der Waals surface area (Å²) in [5, 5.41) is 9.77. The molecule has 1 aliphatic rings. The molecule has 0 aliphatic heterocycles. The summed E-state index contributed by atoms with van der Waals surface area (Å²) in [6.07, 6.45) is 4.01. The highest BCUT2D eigenvalue weighted by molar-refractivity contribution is 9.10. The highest BCUT2D eigenvalue weighted by atomic mass is 79.9. The van der Waals surface area contributed by atoms with Crippen molar-refractivity contribution in [3.8, 4) is 22.9 Å². The SMILES string of the molecule is N#Cc1c(N)nc2c(c1-c1ccccc1OCc1ccc(Br)cc1)CCCC2. The molecule has 4 rings (SSSR count). The highest BCUT2D eigenvalue weighted by Crippen LogP contribution is 2.40. The molecule has 0 saturated heterocycles. The first-order chi connectivity index (χ1) is 13.7. The third kappa shape index (κ3) is 3.61. The standard InChI is InChI=1S/C23H20BrN3O/c24-16-11-9-15(10-12-16)14-28-21-8-4-2-6-18(21)22-17-5-1-3-7-20(17)27-23(26)19(22)13-25/h2,4,6,8-12H,1,3,5,7,14H2,(H2,26,27). The van der Waals surface area contributed by atoms with E-state index in [1.807, 2.05) is 48.5 Å². The molecule has 140 valence electrons. The Hall–Kier alpha value is -2.84. The summed E-state index contributed by atoms with van der Waals surface area (Å²) in [5.74, 6) is 1.06. The van der Waals surface area contributed by atoms with Crippen LogP contribution >= 0.6 is 15.9 Å². The van der Waals surface area contributed by atoms with E-state index in [0.717, 1.165) is 63.9 Å². The summed E-state index contributed by atoms with van der Waals surface area (Å²) in [6.45, 7) is 0.453. The average molecular weight is 434 g/mol. The Labute approximate surface area is 173 Å². The third-order valence-corrected chi connectivity index (χ3v) is 5.61. The summed E-state index contributed by atoms with van der Waals surface area (Å²) in [7, 11) is 0. The van der Waals surface area contributed by atoms with Gasteiger partial charge in [0.2, 0.25) is 0 Å². The van der Waals surface area contributed by atoms with E-state index < -0.39 is 0 Å². The molecule has 0 spiro atoms.